The van der Waals surface area contributed by atoms with Crippen LogP contribution in [0.25, 0.3) is 0 Å². The van der Waals surface area contributed by atoms with Gasteiger partial charge in [0.2, 0.25) is 0 Å². The van der Waals surface area contributed by atoms with Crippen molar-refractivity contribution in [1.82, 2.24) is 5.32 Å². The molecule has 3 N–H and O–H groups in total. The lowest BCUT2D eigenvalue weighted by molar-refractivity contribution is -0.144. The largest absolute Gasteiger partial charge is 0.480 e. The van der Waals surface area contributed by atoms with E-state index in [9.17, 15) is 19.8 Å². The number of rotatable bonds is 9. The molecule has 1 amide bonds. The highest BCUT2D eigenvalue weighted by atomic mass is 16.5. The van der Waals surface area contributed by atoms with Crippen molar-refractivity contribution in [3.8, 4) is 0 Å². The maximum Gasteiger partial charge on any atom is 0.407 e. The molecule has 0 fully saturated rings. The number of alkyl carbamates (subject to hydrolysis) is 1. The first-order chi connectivity index (χ1) is 11.7. The van der Waals surface area contributed by atoms with Crippen LogP contribution in [0.4, 0.5) is 4.79 Å². The summed E-state index contributed by atoms with van der Waals surface area (Å²) in [4.78, 5) is 23.0. The van der Waals surface area contributed by atoms with Gasteiger partial charge >= 0.3 is 12.1 Å². The predicted octanol–water partition coefficient (Wildman–Crippen LogP) is 2.99. The Morgan fingerprint density at radius 1 is 1.12 bits per heavy atom. The number of amides is 1. The quantitative estimate of drug-likeness (QED) is 0.594. The number of aliphatic carboxylic acids is 1. The number of unbranched alkanes of at least 4 members (excludes halogenated alkanes) is 2. The van der Waals surface area contributed by atoms with E-state index in [1.54, 1.807) is 20.8 Å². The fourth-order valence-electron chi connectivity index (χ4n) is 2.36. The van der Waals surface area contributed by atoms with Crippen molar-refractivity contribution >= 4 is 12.1 Å². The first kappa shape index (κ1) is 21.0. The first-order valence-electron chi connectivity index (χ1n) is 8.60. The average Bonchev–Trinajstić information content (AvgIpc) is 2.55. The minimum absolute atomic E-state index is 0.221. The molecule has 140 valence electrons. The average molecular weight is 351 g/mol. The van der Waals surface area contributed by atoms with Crippen LogP contribution < -0.4 is 5.32 Å². The van der Waals surface area contributed by atoms with E-state index in [2.05, 4.69) is 17.4 Å². The summed E-state index contributed by atoms with van der Waals surface area (Å²) in [6, 6.07) is 8.76. The van der Waals surface area contributed by atoms with Gasteiger partial charge in [0.05, 0.1) is 12.7 Å². The zero-order valence-electron chi connectivity index (χ0n) is 15.2. The van der Waals surface area contributed by atoms with Gasteiger partial charge in [0.15, 0.2) is 6.04 Å². The molecule has 2 atom stereocenters. The van der Waals surface area contributed by atoms with Crippen molar-refractivity contribution in [3.05, 3.63) is 35.9 Å². The second-order valence-electron chi connectivity index (χ2n) is 7.20. The fourth-order valence-corrected chi connectivity index (χ4v) is 2.36. The monoisotopic (exact) mass is 351 g/mol. The lowest BCUT2D eigenvalue weighted by Crippen LogP contribution is -2.53. The highest BCUT2D eigenvalue weighted by molar-refractivity contribution is 5.80. The number of aliphatic hydroxyl groups excluding tert-OH is 1. The number of carboxylic acid groups (broad SMARTS) is 1. The van der Waals surface area contributed by atoms with E-state index in [1.165, 1.54) is 5.56 Å². The van der Waals surface area contributed by atoms with Crippen LogP contribution in [0.5, 0.6) is 0 Å². The van der Waals surface area contributed by atoms with Crippen LogP contribution in [-0.2, 0) is 16.0 Å². The van der Waals surface area contributed by atoms with E-state index in [0.29, 0.717) is 6.42 Å². The molecule has 1 aromatic rings. The van der Waals surface area contributed by atoms with Crippen LogP contribution in [0.2, 0.25) is 0 Å². The Morgan fingerprint density at radius 3 is 2.32 bits per heavy atom. The Labute approximate surface area is 149 Å². The van der Waals surface area contributed by atoms with Crippen LogP contribution >= 0.6 is 0 Å². The molecule has 6 nitrogen and oxygen atoms in total. The second kappa shape index (κ2) is 10.0. The Bertz CT molecular complexity index is 538. The normalized spacial score (nSPS) is 13.8. The summed E-state index contributed by atoms with van der Waals surface area (Å²) in [7, 11) is 0. The van der Waals surface area contributed by atoms with Gasteiger partial charge < -0.3 is 20.3 Å². The molecule has 0 bridgehead atoms. The summed E-state index contributed by atoms with van der Waals surface area (Å²) in [6.07, 6.45) is 1.55. The maximum atomic E-state index is 11.7. The van der Waals surface area contributed by atoms with E-state index in [4.69, 9.17) is 4.74 Å². The lowest BCUT2D eigenvalue weighted by Gasteiger charge is -2.30. The Balaban J connectivity index is 2.25. The van der Waals surface area contributed by atoms with E-state index < -0.39 is 29.6 Å². The van der Waals surface area contributed by atoms with Gasteiger partial charge in [-0.1, -0.05) is 51.1 Å². The fraction of sp³-hybridized carbons (Fsp3) is 0.579. The van der Waals surface area contributed by atoms with E-state index in [0.717, 1.165) is 19.3 Å². The Hall–Kier alpha value is -2.08. The number of hydrogen-bond donors (Lipinski definition) is 3. The van der Waals surface area contributed by atoms with Crippen molar-refractivity contribution in [2.75, 3.05) is 6.61 Å². The Morgan fingerprint density at radius 2 is 1.76 bits per heavy atom. The summed E-state index contributed by atoms with van der Waals surface area (Å²) in [6.45, 7) is 5.33. The molecule has 1 rings (SSSR count). The first-order valence-corrected chi connectivity index (χ1v) is 8.60. The maximum absolute atomic E-state index is 11.7. The highest BCUT2D eigenvalue weighted by Gasteiger charge is 2.36. The van der Waals surface area contributed by atoms with Gasteiger partial charge in [0, 0.05) is 0 Å². The highest BCUT2D eigenvalue weighted by Crippen LogP contribution is 2.22. The molecule has 0 unspecified atom stereocenters. The third-order valence-electron chi connectivity index (χ3n) is 3.93. The van der Waals surface area contributed by atoms with Crippen LogP contribution in [0.15, 0.2) is 30.3 Å². The standard InChI is InChI=1S/C19H29NO5/c1-19(2,3)16(21)15(17(22)23)20-18(24)25-13-9-5-8-12-14-10-6-4-7-11-14/h4,6-7,10-11,15-16,21H,5,8-9,12-13H2,1-3H3,(H,20,24)(H,22,23)/t15-,16+/m1/s1. The minimum Gasteiger partial charge on any atom is -0.480 e. The van der Waals surface area contributed by atoms with Crippen molar-refractivity contribution in [2.24, 2.45) is 5.41 Å². The van der Waals surface area contributed by atoms with Crippen LogP contribution in [0.3, 0.4) is 0 Å². The van der Waals surface area contributed by atoms with Crippen molar-refractivity contribution in [2.45, 2.75) is 58.6 Å². The van der Waals surface area contributed by atoms with Crippen molar-refractivity contribution in [3.63, 3.8) is 0 Å². The van der Waals surface area contributed by atoms with E-state index >= 15 is 0 Å². The number of carboxylic acids is 1. The number of carbonyl (C=O) groups is 2. The number of aliphatic hydroxyl groups is 1. The SMILES string of the molecule is CC(C)(C)[C@@H](O)[C@@H](NC(=O)OCCCCCc1ccccc1)C(=O)O. The molecule has 0 aliphatic heterocycles. The summed E-state index contributed by atoms with van der Waals surface area (Å²) in [5, 5.41) is 21.5. The molecule has 0 aliphatic carbocycles. The molecule has 0 radical (unpaired) electrons. The zero-order chi connectivity index (χ0) is 18.9. The predicted molar refractivity (Wildman–Crippen MR) is 95.4 cm³/mol. The molecule has 1 aromatic carbocycles. The van der Waals surface area contributed by atoms with Gasteiger partial charge in [-0.3, -0.25) is 0 Å². The number of nitrogens with one attached hydrogen (secondary N) is 1. The van der Waals surface area contributed by atoms with Gasteiger partial charge in [-0.2, -0.15) is 0 Å². The molecule has 0 aromatic heterocycles. The minimum atomic E-state index is -1.40. The molecule has 0 saturated carbocycles. The van der Waals surface area contributed by atoms with Gasteiger partial charge in [-0.05, 0) is 36.7 Å². The second-order valence-corrected chi connectivity index (χ2v) is 7.20. The molecule has 0 saturated heterocycles. The van der Waals surface area contributed by atoms with Crippen molar-refractivity contribution < 1.29 is 24.5 Å². The number of aryl methyl sites for hydroxylation is 1. The number of carbonyl (C=O) groups excluding carboxylic acids is 1. The number of hydrogen-bond acceptors (Lipinski definition) is 4. The summed E-state index contributed by atoms with van der Waals surface area (Å²) in [5.74, 6) is -1.29. The molecule has 0 heterocycles. The third-order valence-corrected chi connectivity index (χ3v) is 3.93. The molecule has 0 aliphatic rings. The summed E-state index contributed by atoms with van der Waals surface area (Å²) < 4.78 is 5.01. The van der Waals surface area contributed by atoms with Crippen LogP contribution in [0.1, 0.15) is 45.6 Å². The Kier molecular flexibility index (Phi) is 8.41. The van der Waals surface area contributed by atoms with Gasteiger partial charge in [-0.25, -0.2) is 9.59 Å². The molecular formula is C19H29NO5. The molecule has 6 heteroatoms. The summed E-state index contributed by atoms with van der Waals surface area (Å²) >= 11 is 0. The van der Waals surface area contributed by atoms with Gasteiger partial charge in [0.1, 0.15) is 0 Å². The van der Waals surface area contributed by atoms with Gasteiger partial charge in [0.25, 0.3) is 0 Å². The van der Waals surface area contributed by atoms with Gasteiger partial charge in [-0.15, -0.1) is 0 Å². The molecular weight excluding hydrogens is 322 g/mol. The smallest absolute Gasteiger partial charge is 0.407 e. The number of ether oxygens (including phenoxy) is 1. The van der Waals surface area contributed by atoms with E-state index in [1.807, 2.05) is 18.2 Å². The topological polar surface area (TPSA) is 95.9 Å². The molecule has 0 spiro atoms. The number of benzene rings is 1. The summed E-state index contributed by atoms with van der Waals surface area (Å²) in [5.41, 5.74) is 0.606. The van der Waals surface area contributed by atoms with E-state index in [-0.39, 0.29) is 6.61 Å². The lowest BCUT2D eigenvalue weighted by atomic mass is 9.84. The van der Waals surface area contributed by atoms with Crippen molar-refractivity contribution in [1.29, 1.82) is 0 Å². The van der Waals surface area contributed by atoms with Crippen LogP contribution in [0, 0.1) is 5.41 Å². The van der Waals surface area contributed by atoms with Crippen LogP contribution in [-0.4, -0.2) is 41.0 Å². The zero-order valence-corrected chi connectivity index (χ0v) is 15.2. The third kappa shape index (κ3) is 8.03. The molecule has 25 heavy (non-hydrogen) atoms.